The van der Waals surface area contributed by atoms with Crippen molar-refractivity contribution in [2.24, 2.45) is 0 Å². The number of benzene rings is 3. The number of anilines is 1. The molecule has 0 saturated heterocycles. The number of carbonyl (C=O) groups is 1. The first-order valence-corrected chi connectivity index (χ1v) is 8.44. The molecule has 0 unspecified atom stereocenters. The third kappa shape index (κ3) is 4.53. The first-order chi connectivity index (χ1) is 12.1. The second-order valence-corrected chi connectivity index (χ2v) is 6.16. The zero-order valence-corrected chi connectivity index (χ0v) is 14.7. The summed E-state index contributed by atoms with van der Waals surface area (Å²) in [6.07, 6.45) is 0.181. The number of nitrogens with one attached hydrogen (secondary N) is 1. The number of ether oxygens (including phenoxy) is 1. The highest BCUT2D eigenvalue weighted by Gasteiger charge is 2.11. The van der Waals surface area contributed by atoms with Gasteiger partial charge in [0.2, 0.25) is 5.91 Å². The van der Waals surface area contributed by atoms with Crippen LogP contribution in [0.15, 0.2) is 72.8 Å². The van der Waals surface area contributed by atoms with Gasteiger partial charge in [0.15, 0.2) is 5.75 Å². The smallest absolute Gasteiger partial charge is 0.228 e. The summed E-state index contributed by atoms with van der Waals surface area (Å²) in [5.41, 5.74) is 1.34. The first-order valence-electron chi connectivity index (χ1n) is 7.68. The molecule has 0 aliphatic heterocycles. The van der Waals surface area contributed by atoms with E-state index in [-0.39, 0.29) is 12.3 Å². The van der Waals surface area contributed by atoms with Gasteiger partial charge in [0.1, 0.15) is 5.75 Å². The fourth-order valence-electron chi connectivity index (χ4n) is 2.31. The molecule has 0 fully saturated rings. The van der Waals surface area contributed by atoms with E-state index in [1.54, 1.807) is 30.3 Å². The summed E-state index contributed by atoms with van der Waals surface area (Å²) in [7, 11) is 0. The Morgan fingerprint density at radius 3 is 2.12 bits per heavy atom. The molecule has 0 aromatic heterocycles. The standard InChI is InChI=1S/C20H15Cl2NO2/c21-15-8-2-1-7-14(15)13-20(24)23-17-10-4-6-12-19(17)25-18-11-5-3-9-16(18)22/h1-12H,13H2,(H,23,24). The van der Waals surface area contributed by atoms with Crippen molar-refractivity contribution in [1.82, 2.24) is 0 Å². The molecule has 0 atom stereocenters. The second-order valence-electron chi connectivity index (χ2n) is 5.35. The van der Waals surface area contributed by atoms with E-state index in [1.807, 2.05) is 42.5 Å². The third-order valence-electron chi connectivity index (χ3n) is 3.53. The van der Waals surface area contributed by atoms with E-state index in [2.05, 4.69) is 5.32 Å². The minimum absolute atomic E-state index is 0.177. The molecule has 1 N–H and O–H groups in total. The Bertz CT molecular complexity index is 896. The van der Waals surface area contributed by atoms with Crippen LogP contribution in [-0.4, -0.2) is 5.91 Å². The number of carbonyl (C=O) groups excluding carboxylic acids is 1. The van der Waals surface area contributed by atoms with Crippen molar-refractivity contribution < 1.29 is 9.53 Å². The summed E-state index contributed by atoms with van der Waals surface area (Å²) in [5, 5.41) is 3.93. The monoisotopic (exact) mass is 371 g/mol. The average molecular weight is 372 g/mol. The van der Waals surface area contributed by atoms with Crippen molar-refractivity contribution in [2.75, 3.05) is 5.32 Å². The maximum atomic E-state index is 12.4. The van der Waals surface area contributed by atoms with Gasteiger partial charge in [0.05, 0.1) is 17.1 Å². The van der Waals surface area contributed by atoms with Gasteiger partial charge in [-0.15, -0.1) is 0 Å². The molecule has 0 saturated carbocycles. The predicted octanol–water partition coefficient (Wildman–Crippen LogP) is 5.97. The number of amides is 1. The summed E-state index contributed by atoms with van der Waals surface area (Å²) >= 11 is 12.2. The lowest BCUT2D eigenvalue weighted by Crippen LogP contribution is -2.15. The molecule has 0 heterocycles. The molecule has 3 nitrogen and oxygen atoms in total. The SMILES string of the molecule is O=C(Cc1ccccc1Cl)Nc1ccccc1Oc1ccccc1Cl. The zero-order valence-electron chi connectivity index (χ0n) is 13.2. The molecule has 0 aliphatic carbocycles. The van der Waals surface area contributed by atoms with Crippen LogP contribution in [0.3, 0.4) is 0 Å². The van der Waals surface area contributed by atoms with Gasteiger partial charge in [0, 0.05) is 5.02 Å². The Morgan fingerprint density at radius 1 is 0.800 bits per heavy atom. The number of halogens is 2. The van der Waals surface area contributed by atoms with Crippen LogP contribution in [0.25, 0.3) is 0 Å². The molecule has 3 aromatic rings. The number of rotatable bonds is 5. The van der Waals surface area contributed by atoms with E-state index < -0.39 is 0 Å². The fourth-order valence-corrected chi connectivity index (χ4v) is 2.69. The zero-order chi connectivity index (χ0) is 17.6. The minimum atomic E-state index is -0.177. The van der Waals surface area contributed by atoms with Crippen LogP contribution in [0.4, 0.5) is 5.69 Å². The largest absolute Gasteiger partial charge is 0.454 e. The lowest BCUT2D eigenvalue weighted by atomic mass is 10.1. The molecule has 126 valence electrons. The van der Waals surface area contributed by atoms with Gasteiger partial charge >= 0.3 is 0 Å². The quantitative estimate of drug-likeness (QED) is 0.600. The highest BCUT2D eigenvalue weighted by Crippen LogP contribution is 2.33. The van der Waals surface area contributed by atoms with E-state index in [0.717, 1.165) is 5.56 Å². The Labute approximate surface area is 156 Å². The molecular formula is C20H15Cl2NO2. The van der Waals surface area contributed by atoms with Crippen LogP contribution in [-0.2, 0) is 11.2 Å². The van der Waals surface area contributed by atoms with Crippen LogP contribution in [0.1, 0.15) is 5.56 Å². The van der Waals surface area contributed by atoms with Crippen molar-refractivity contribution in [3.05, 3.63) is 88.4 Å². The van der Waals surface area contributed by atoms with Gasteiger partial charge < -0.3 is 10.1 Å². The van der Waals surface area contributed by atoms with Crippen molar-refractivity contribution >= 4 is 34.8 Å². The highest BCUT2D eigenvalue weighted by molar-refractivity contribution is 6.32. The average Bonchev–Trinajstić information content (AvgIpc) is 2.60. The second kappa shape index (κ2) is 8.06. The highest BCUT2D eigenvalue weighted by atomic mass is 35.5. The van der Waals surface area contributed by atoms with Crippen LogP contribution < -0.4 is 10.1 Å². The lowest BCUT2D eigenvalue weighted by molar-refractivity contribution is -0.115. The summed E-state index contributed by atoms with van der Waals surface area (Å²) in [6, 6.07) is 21.6. The van der Waals surface area contributed by atoms with Gasteiger partial charge in [-0.25, -0.2) is 0 Å². The van der Waals surface area contributed by atoms with Gasteiger partial charge in [-0.2, -0.15) is 0 Å². The first kappa shape index (κ1) is 17.3. The third-order valence-corrected chi connectivity index (χ3v) is 4.21. The molecule has 3 rings (SSSR count). The fraction of sp³-hybridized carbons (Fsp3) is 0.0500. The van der Waals surface area contributed by atoms with E-state index in [9.17, 15) is 4.79 Å². The molecular weight excluding hydrogens is 357 g/mol. The summed E-state index contributed by atoms with van der Waals surface area (Å²) in [6.45, 7) is 0. The maximum absolute atomic E-state index is 12.4. The minimum Gasteiger partial charge on any atom is -0.454 e. The molecule has 0 radical (unpaired) electrons. The maximum Gasteiger partial charge on any atom is 0.228 e. The van der Waals surface area contributed by atoms with Gasteiger partial charge in [-0.1, -0.05) is 65.7 Å². The van der Waals surface area contributed by atoms with Crippen molar-refractivity contribution in [1.29, 1.82) is 0 Å². The Balaban J connectivity index is 1.76. The van der Waals surface area contributed by atoms with Crippen LogP contribution in [0, 0.1) is 0 Å². The number of para-hydroxylation sites is 3. The summed E-state index contributed by atoms with van der Waals surface area (Å²) in [4.78, 5) is 12.4. The molecule has 25 heavy (non-hydrogen) atoms. The van der Waals surface area contributed by atoms with Crippen molar-refractivity contribution in [3.8, 4) is 11.5 Å². The number of hydrogen-bond donors (Lipinski definition) is 1. The summed E-state index contributed by atoms with van der Waals surface area (Å²) in [5.74, 6) is 0.864. The molecule has 0 aliphatic rings. The molecule has 3 aromatic carbocycles. The van der Waals surface area contributed by atoms with E-state index in [0.29, 0.717) is 27.2 Å². The Hall–Kier alpha value is -2.49. The van der Waals surface area contributed by atoms with E-state index >= 15 is 0 Å². The molecule has 0 bridgehead atoms. The molecule has 1 amide bonds. The molecule has 5 heteroatoms. The lowest BCUT2D eigenvalue weighted by Gasteiger charge is -2.13. The van der Waals surface area contributed by atoms with Crippen LogP contribution in [0.5, 0.6) is 11.5 Å². The van der Waals surface area contributed by atoms with Crippen molar-refractivity contribution in [2.45, 2.75) is 6.42 Å². The number of hydrogen-bond acceptors (Lipinski definition) is 2. The Kier molecular flexibility index (Phi) is 5.59. The van der Waals surface area contributed by atoms with Gasteiger partial charge in [-0.05, 0) is 35.9 Å². The van der Waals surface area contributed by atoms with Crippen molar-refractivity contribution in [3.63, 3.8) is 0 Å². The van der Waals surface area contributed by atoms with E-state index in [1.165, 1.54) is 0 Å². The summed E-state index contributed by atoms with van der Waals surface area (Å²) < 4.78 is 5.84. The predicted molar refractivity (Wildman–Crippen MR) is 102 cm³/mol. The van der Waals surface area contributed by atoms with E-state index in [4.69, 9.17) is 27.9 Å². The Morgan fingerprint density at radius 2 is 1.40 bits per heavy atom. The normalized spacial score (nSPS) is 10.3. The van der Waals surface area contributed by atoms with Crippen LogP contribution >= 0.6 is 23.2 Å². The van der Waals surface area contributed by atoms with Crippen LogP contribution in [0.2, 0.25) is 10.0 Å². The molecule has 0 spiro atoms. The van der Waals surface area contributed by atoms with Gasteiger partial charge in [-0.3, -0.25) is 4.79 Å². The topological polar surface area (TPSA) is 38.3 Å². The van der Waals surface area contributed by atoms with Gasteiger partial charge in [0.25, 0.3) is 0 Å².